The maximum Gasteiger partial charge on any atom is 0.115 e. The van der Waals surface area contributed by atoms with Gasteiger partial charge in [0.15, 0.2) is 0 Å². The molecule has 1 aromatic carbocycles. The zero-order valence-corrected chi connectivity index (χ0v) is 9.80. The standard InChI is InChI=1S/C11H12ClN5/c12-5-11(14)16-8-6-15-17(7-8)10-4-2-1-3-9(10)13/h1-4,6-7H,5,13H2,(H2,14,16). The molecule has 0 saturated carbocycles. The molecule has 1 heterocycles. The minimum absolute atomic E-state index is 0.193. The van der Waals surface area contributed by atoms with Gasteiger partial charge in [0, 0.05) is 0 Å². The van der Waals surface area contributed by atoms with E-state index in [1.165, 1.54) is 0 Å². The molecule has 6 heteroatoms. The Morgan fingerprint density at radius 2 is 2.18 bits per heavy atom. The second-order valence-corrected chi connectivity index (χ2v) is 3.71. The van der Waals surface area contributed by atoms with Crippen molar-refractivity contribution in [3.63, 3.8) is 0 Å². The van der Waals surface area contributed by atoms with Crippen LogP contribution in [0.25, 0.3) is 5.69 Å². The Balaban J connectivity index is 2.34. The molecule has 2 aromatic rings. The molecule has 0 bridgehead atoms. The summed E-state index contributed by atoms with van der Waals surface area (Å²) < 4.78 is 1.65. The number of aromatic nitrogens is 2. The molecule has 88 valence electrons. The summed E-state index contributed by atoms with van der Waals surface area (Å²) in [6.45, 7) is 0. The lowest BCUT2D eigenvalue weighted by atomic mass is 10.3. The third-order valence-corrected chi connectivity index (χ3v) is 2.44. The van der Waals surface area contributed by atoms with Gasteiger partial charge in [-0.25, -0.2) is 9.67 Å². The minimum Gasteiger partial charge on any atom is -0.397 e. The number of benzene rings is 1. The molecule has 0 aliphatic carbocycles. The number of nitrogens with two attached hydrogens (primary N) is 2. The van der Waals surface area contributed by atoms with E-state index < -0.39 is 0 Å². The average Bonchev–Trinajstić information content (AvgIpc) is 2.78. The molecule has 0 atom stereocenters. The van der Waals surface area contributed by atoms with Gasteiger partial charge in [0.05, 0.1) is 29.6 Å². The number of aliphatic imine (C=N–C) groups is 1. The van der Waals surface area contributed by atoms with Gasteiger partial charge >= 0.3 is 0 Å². The molecule has 0 fully saturated rings. The van der Waals surface area contributed by atoms with Gasteiger partial charge in [-0.15, -0.1) is 11.6 Å². The van der Waals surface area contributed by atoms with Crippen molar-refractivity contribution in [3.8, 4) is 5.69 Å². The van der Waals surface area contributed by atoms with Crippen molar-refractivity contribution in [1.82, 2.24) is 9.78 Å². The molecule has 0 aliphatic heterocycles. The first kappa shape index (κ1) is 11.5. The number of hydrogen-bond donors (Lipinski definition) is 2. The maximum absolute atomic E-state index is 5.85. The monoisotopic (exact) mass is 249 g/mol. The smallest absolute Gasteiger partial charge is 0.115 e. The van der Waals surface area contributed by atoms with Crippen LogP contribution in [0.4, 0.5) is 11.4 Å². The van der Waals surface area contributed by atoms with Gasteiger partial charge in [0.1, 0.15) is 11.5 Å². The van der Waals surface area contributed by atoms with Crippen molar-refractivity contribution in [2.24, 2.45) is 10.7 Å². The number of hydrogen-bond acceptors (Lipinski definition) is 3. The van der Waals surface area contributed by atoms with Gasteiger partial charge in [-0.2, -0.15) is 5.10 Å². The van der Waals surface area contributed by atoms with Crippen molar-refractivity contribution < 1.29 is 0 Å². The van der Waals surface area contributed by atoms with Crippen molar-refractivity contribution in [3.05, 3.63) is 36.7 Å². The van der Waals surface area contributed by atoms with Gasteiger partial charge in [-0.05, 0) is 12.1 Å². The number of halogens is 1. The fraction of sp³-hybridized carbons (Fsp3) is 0.0909. The van der Waals surface area contributed by atoms with Gasteiger partial charge in [0.2, 0.25) is 0 Å². The van der Waals surface area contributed by atoms with Crippen molar-refractivity contribution in [2.45, 2.75) is 0 Å². The normalized spacial score (nSPS) is 11.7. The quantitative estimate of drug-likeness (QED) is 0.376. The zero-order valence-electron chi connectivity index (χ0n) is 9.05. The molecule has 0 aliphatic rings. The van der Waals surface area contributed by atoms with Crippen molar-refractivity contribution in [1.29, 1.82) is 0 Å². The summed E-state index contributed by atoms with van der Waals surface area (Å²) >= 11 is 5.55. The highest BCUT2D eigenvalue weighted by Crippen LogP contribution is 2.18. The summed E-state index contributed by atoms with van der Waals surface area (Å²) in [5, 5.41) is 4.17. The van der Waals surface area contributed by atoms with Gasteiger partial charge < -0.3 is 11.5 Å². The predicted octanol–water partition coefficient (Wildman–Crippen LogP) is 1.68. The van der Waals surface area contributed by atoms with Crippen LogP contribution < -0.4 is 11.5 Å². The van der Waals surface area contributed by atoms with Crippen LogP contribution in [-0.2, 0) is 0 Å². The van der Waals surface area contributed by atoms with Crippen LogP contribution in [-0.4, -0.2) is 21.5 Å². The molecule has 0 unspecified atom stereocenters. The molecule has 17 heavy (non-hydrogen) atoms. The summed E-state index contributed by atoms with van der Waals surface area (Å²) in [4.78, 5) is 4.09. The number of anilines is 1. The van der Waals surface area contributed by atoms with Gasteiger partial charge in [-0.3, -0.25) is 0 Å². The van der Waals surface area contributed by atoms with Crippen LogP contribution in [0.15, 0.2) is 41.7 Å². The Kier molecular flexibility index (Phi) is 3.30. The van der Waals surface area contributed by atoms with E-state index >= 15 is 0 Å². The Labute approximate surface area is 104 Å². The van der Waals surface area contributed by atoms with Crippen LogP contribution in [0.1, 0.15) is 0 Å². The Bertz CT molecular complexity index is 546. The predicted molar refractivity (Wildman–Crippen MR) is 70.0 cm³/mol. The summed E-state index contributed by atoms with van der Waals surface area (Å²) in [6.07, 6.45) is 3.34. The van der Waals surface area contributed by atoms with Crippen LogP contribution in [0, 0.1) is 0 Å². The third-order valence-electron chi connectivity index (χ3n) is 2.16. The topological polar surface area (TPSA) is 82.2 Å². The van der Waals surface area contributed by atoms with E-state index in [2.05, 4.69) is 10.1 Å². The highest BCUT2D eigenvalue weighted by molar-refractivity contribution is 6.28. The molecule has 4 N–H and O–H groups in total. The first-order chi connectivity index (χ1) is 8.20. The van der Waals surface area contributed by atoms with E-state index in [-0.39, 0.29) is 5.88 Å². The molecule has 2 rings (SSSR count). The molecule has 1 aromatic heterocycles. The Hall–Kier alpha value is -2.01. The SMILES string of the molecule is NC(CCl)=Nc1cnn(-c2ccccc2N)c1. The largest absolute Gasteiger partial charge is 0.397 e. The average molecular weight is 250 g/mol. The first-order valence-corrected chi connectivity index (χ1v) is 5.52. The second-order valence-electron chi connectivity index (χ2n) is 3.44. The highest BCUT2D eigenvalue weighted by Gasteiger charge is 2.03. The molecule has 5 nitrogen and oxygen atoms in total. The summed E-state index contributed by atoms with van der Waals surface area (Å²) in [5.74, 6) is 0.547. The summed E-state index contributed by atoms with van der Waals surface area (Å²) in [5.41, 5.74) is 13.5. The van der Waals surface area contributed by atoms with Crippen LogP contribution in [0.5, 0.6) is 0 Å². The number of nitrogen functional groups attached to an aromatic ring is 1. The summed E-state index contributed by atoms with van der Waals surface area (Å²) in [7, 11) is 0. The van der Waals surface area contributed by atoms with Crippen LogP contribution >= 0.6 is 11.6 Å². The highest BCUT2D eigenvalue weighted by atomic mass is 35.5. The van der Waals surface area contributed by atoms with E-state index in [1.54, 1.807) is 17.1 Å². The van der Waals surface area contributed by atoms with E-state index in [9.17, 15) is 0 Å². The summed E-state index contributed by atoms with van der Waals surface area (Å²) in [6, 6.07) is 7.45. The number of nitrogens with zero attached hydrogens (tertiary/aromatic N) is 3. The Morgan fingerprint density at radius 3 is 2.88 bits per heavy atom. The first-order valence-electron chi connectivity index (χ1n) is 4.99. The van der Waals surface area contributed by atoms with Crippen molar-refractivity contribution in [2.75, 3.05) is 11.6 Å². The fourth-order valence-electron chi connectivity index (χ4n) is 1.39. The molecular formula is C11H12ClN5. The number of para-hydroxylation sites is 2. The zero-order chi connectivity index (χ0) is 12.3. The molecule has 0 spiro atoms. The van der Waals surface area contributed by atoms with Crippen LogP contribution in [0.2, 0.25) is 0 Å². The van der Waals surface area contributed by atoms with E-state index in [0.717, 1.165) is 5.69 Å². The molecular weight excluding hydrogens is 238 g/mol. The fourth-order valence-corrected chi connectivity index (χ4v) is 1.45. The van der Waals surface area contributed by atoms with Gasteiger partial charge in [0.25, 0.3) is 0 Å². The Morgan fingerprint density at radius 1 is 1.41 bits per heavy atom. The maximum atomic E-state index is 5.85. The van der Waals surface area contributed by atoms with Gasteiger partial charge in [-0.1, -0.05) is 12.1 Å². The third kappa shape index (κ3) is 2.57. The van der Waals surface area contributed by atoms with E-state index in [4.69, 9.17) is 23.1 Å². The lowest BCUT2D eigenvalue weighted by molar-refractivity contribution is 0.883. The van der Waals surface area contributed by atoms with Crippen LogP contribution in [0.3, 0.4) is 0 Å². The number of amidine groups is 1. The van der Waals surface area contributed by atoms with E-state index in [0.29, 0.717) is 17.2 Å². The lowest BCUT2D eigenvalue weighted by Gasteiger charge is -2.03. The second kappa shape index (κ2) is 4.88. The van der Waals surface area contributed by atoms with Crippen molar-refractivity contribution >= 4 is 28.8 Å². The molecule has 0 saturated heterocycles. The number of alkyl halides is 1. The number of rotatable bonds is 3. The molecule has 0 amide bonds. The lowest BCUT2D eigenvalue weighted by Crippen LogP contribution is -2.11. The van der Waals surface area contributed by atoms with E-state index in [1.807, 2.05) is 24.3 Å². The molecule has 0 radical (unpaired) electrons. The minimum atomic E-state index is 0.193.